The van der Waals surface area contributed by atoms with E-state index >= 15 is 0 Å². The van der Waals surface area contributed by atoms with Crippen LogP contribution in [0.2, 0.25) is 0 Å². The van der Waals surface area contributed by atoms with Crippen molar-refractivity contribution in [1.82, 2.24) is 9.55 Å². The zero-order valence-electron chi connectivity index (χ0n) is 26.2. The average molecular weight is 584 g/mol. The molecule has 0 aliphatic rings. The number of anilines is 1. The van der Waals surface area contributed by atoms with Crippen LogP contribution < -0.4 is 16.0 Å². The Morgan fingerprint density at radius 2 is 1.67 bits per heavy atom. The molecule has 7 nitrogen and oxygen atoms in total. The van der Waals surface area contributed by atoms with Crippen LogP contribution in [0, 0.1) is 0 Å². The average Bonchev–Trinajstić information content (AvgIpc) is 2.98. The summed E-state index contributed by atoms with van der Waals surface area (Å²) in [6.45, 7) is 11.5. The third-order valence-corrected chi connectivity index (χ3v) is 7.88. The molecule has 4 aromatic rings. The smallest absolute Gasteiger partial charge is 0.256 e. The minimum absolute atomic E-state index is 0.000169. The molecule has 0 saturated carbocycles. The summed E-state index contributed by atoms with van der Waals surface area (Å²) in [5.74, 6) is 1.02. The number of nitrogens with zero attached hydrogens (tertiary/aromatic N) is 2. The number of ether oxygens (including phenoxy) is 1. The van der Waals surface area contributed by atoms with E-state index < -0.39 is 0 Å². The SMILES string of the molecule is CCCCn1c(=O)c(CC(=O)Cc2c(C(C)C)cc(N)cc2C(C)C)c(-c2cccc(OCCCO)c2)c2cccnc21. The Morgan fingerprint density at radius 1 is 0.977 bits per heavy atom. The van der Waals surface area contributed by atoms with Crippen LogP contribution >= 0.6 is 0 Å². The number of unbranched alkanes of at least 4 members (excludes halogenated alkanes) is 1. The number of Topliss-reactive ketones (excluding diaryl/α,β-unsaturated/α-hetero) is 1. The van der Waals surface area contributed by atoms with E-state index in [9.17, 15) is 14.7 Å². The van der Waals surface area contributed by atoms with Crippen molar-refractivity contribution < 1.29 is 14.6 Å². The number of aromatic nitrogens is 2. The van der Waals surface area contributed by atoms with Gasteiger partial charge in [0.15, 0.2) is 0 Å². The molecule has 43 heavy (non-hydrogen) atoms. The molecular formula is C36H45N3O4. The summed E-state index contributed by atoms with van der Waals surface area (Å²) in [4.78, 5) is 32.9. The number of benzene rings is 2. The van der Waals surface area contributed by atoms with Gasteiger partial charge in [-0.25, -0.2) is 4.98 Å². The summed E-state index contributed by atoms with van der Waals surface area (Å²) in [5.41, 5.74) is 12.5. The van der Waals surface area contributed by atoms with Crippen LogP contribution in [0.25, 0.3) is 22.2 Å². The highest BCUT2D eigenvalue weighted by atomic mass is 16.5. The third-order valence-electron chi connectivity index (χ3n) is 7.88. The zero-order chi connectivity index (χ0) is 31.1. The van der Waals surface area contributed by atoms with Gasteiger partial charge in [-0.2, -0.15) is 0 Å². The van der Waals surface area contributed by atoms with Crippen LogP contribution in [0.3, 0.4) is 0 Å². The Hall–Kier alpha value is -3.97. The standard InChI is InChI=1S/C36H45N3O4/c1-6-7-15-39-35-29(13-9-14-38-35)34(25-11-8-12-28(18-25)43-17-10-16-40)33(36(39)42)22-27(41)21-32-30(23(2)3)19-26(37)20-31(32)24(4)5/h8-9,11-14,18-20,23-24,40H,6-7,10,15-17,21-22,37H2,1-5H3. The molecule has 0 fully saturated rings. The molecule has 4 rings (SSSR count). The Balaban J connectivity index is 1.87. The Bertz CT molecular complexity index is 1610. The van der Waals surface area contributed by atoms with Crippen LogP contribution in [0.5, 0.6) is 5.75 Å². The molecule has 2 aromatic carbocycles. The first kappa shape index (κ1) is 32.0. The van der Waals surface area contributed by atoms with Crippen LogP contribution in [-0.4, -0.2) is 33.7 Å². The van der Waals surface area contributed by atoms with Crippen LogP contribution in [0.1, 0.15) is 88.0 Å². The van der Waals surface area contributed by atoms with E-state index in [-0.39, 0.29) is 42.6 Å². The highest BCUT2D eigenvalue weighted by molar-refractivity contribution is 5.97. The molecule has 0 atom stereocenters. The van der Waals surface area contributed by atoms with Crippen molar-refractivity contribution in [1.29, 1.82) is 0 Å². The van der Waals surface area contributed by atoms with Crippen LogP contribution in [0.4, 0.5) is 5.69 Å². The van der Waals surface area contributed by atoms with Crippen molar-refractivity contribution in [2.24, 2.45) is 0 Å². The van der Waals surface area contributed by atoms with Gasteiger partial charge in [0.1, 0.15) is 17.2 Å². The number of aryl methyl sites for hydroxylation is 1. The lowest BCUT2D eigenvalue weighted by molar-refractivity contribution is -0.117. The number of aliphatic hydroxyl groups is 1. The molecule has 2 heterocycles. The number of carbonyl (C=O) groups excluding carboxylic acids is 1. The van der Waals surface area contributed by atoms with Crippen LogP contribution in [0.15, 0.2) is 59.5 Å². The van der Waals surface area contributed by atoms with Crippen molar-refractivity contribution in [2.75, 3.05) is 18.9 Å². The summed E-state index contributed by atoms with van der Waals surface area (Å²) >= 11 is 0. The molecule has 0 radical (unpaired) electrons. The van der Waals surface area contributed by atoms with Gasteiger partial charge >= 0.3 is 0 Å². The lowest BCUT2D eigenvalue weighted by atomic mass is 9.84. The van der Waals surface area contributed by atoms with E-state index in [1.54, 1.807) is 10.8 Å². The minimum atomic E-state index is -0.180. The first-order valence-electron chi connectivity index (χ1n) is 15.4. The topological polar surface area (TPSA) is 107 Å². The van der Waals surface area contributed by atoms with Crippen molar-refractivity contribution in [3.8, 4) is 16.9 Å². The first-order chi connectivity index (χ1) is 20.7. The lowest BCUT2D eigenvalue weighted by Crippen LogP contribution is -2.28. The summed E-state index contributed by atoms with van der Waals surface area (Å²) < 4.78 is 7.60. The minimum Gasteiger partial charge on any atom is -0.493 e. The molecule has 228 valence electrons. The molecule has 3 N–H and O–H groups in total. The number of carbonyl (C=O) groups is 1. The van der Waals surface area contributed by atoms with Gasteiger partial charge in [-0.1, -0.05) is 53.2 Å². The van der Waals surface area contributed by atoms with E-state index in [1.807, 2.05) is 48.5 Å². The number of nitrogens with two attached hydrogens (primary N) is 1. The number of hydrogen-bond acceptors (Lipinski definition) is 6. The van der Waals surface area contributed by atoms with E-state index in [0.717, 1.165) is 40.5 Å². The van der Waals surface area contributed by atoms with Gasteiger partial charge in [0.2, 0.25) is 0 Å². The van der Waals surface area contributed by atoms with Gasteiger partial charge in [0, 0.05) is 60.8 Å². The predicted octanol–water partition coefficient (Wildman–Crippen LogP) is 6.81. The molecule has 0 saturated heterocycles. The van der Waals surface area contributed by atoms with E-state index in [0.29, 0.717) is 47.8 Å². The van der Waals surface area contributed by atoms with Crippen molar-refractivity contribution >= 4 is 22.5 Å². The first-order valence-corrected chi connectivity index (χ1v) is 15.4. The Labute approximate surface area is 254 Å². The summed E-state index contributed by atoms with van der Waals surface area (Å²) in [6.07, 6.45) is 4.21. The van der Waals surface area contributed by atoms with Crippen molar-refractivity contribution in [2.45, 2.75) is 85.1 Å². The predicted molar refractivity (Wildman–Crippen MR) is 175 cm³/mol. The molecule has 0 spiro atoms. The Kier molecular flexibility index (Phi) is 10.8. The number of hydrogen-bond donors (Lipinski definition) is 2. The maximum Gasteiger partial charge on any atom is 0.256 e. The summed E-state index contributed by atoms with van der Waals surface area (Å²) in [7, 11) is 0. The van der Waals surface area contributed by atoms with Gasteiger partial charge in [0.25, 0.3) is 5.56 Å². The highest BCUT2D eigenvalue weighted by Crippen LogP contribution is 2.34. The quantitative estimate of drug-likeness (QED) is 0.125. The highest BCUT2D eigenvalue weighted by Gasteiger charge is 2.24. The van der Waals surface area contributed by atoms with E-state index in [1.165, 1.54) is 0 Å². The summed E-state index contributed by atoms with van der Waals surface area (Å²) in [6, 6.07) is 15.4. The fraction of sp³-hybridized carbons (Fsp3) is 0.417. The number of pyridine rings is 2. The van der Waals surface area contributed by atoms with Gasteiger partial charge in [0.05, 0.1) is 6.61 Å². The normalized spacial score (nSPS) is 11.5. The third kappa shape index (κ3) is 7.34. The van der Waals surface area contributed by atoms with E-state index in [4.69, 9.17) is 10.5 Å². The lowest BCUT2D eigenvalue weighted by Gasteiger charge is -2.21. The number of ketones is 1. The van der Waals surface area contributed by atoms with Gasteiger partial charge in [-0.05, 0) is 76.9 Å². The number of aliphatic hydroxyl groups excluding tert-OH is 1. The monoisotopic (exact) mass is 583 g/mol. The number of nitrogen functional groups attached to an aromatic ring is 1. The molecule has 2 aromatic heterocycles. The fourth-order valence-corrected chi connectivity index (χ4v) is 5.78. The largest absolute Gasteiger partial charge is 0.493 e. The molecule has 0 bridgehead atoms. The molecule has 0 unspecified atom stereocenters. The number of fused-ring (bicyclic) bond motifs is 1. The molecule has 0 aliphatic carbocycles. The zero-order valence-corrected chi connectivity index (χ0v) is 26.2. The maximum absolute atomic E-state index is 14.3. The van der Waals surface area contributed by atoms with Crippen LogP contribution in [-0.2, 0) is 24.2 Å². The molecule has 0 amide bonds. The second kappa shape index (κ2) is 14.5. The molecule has 0 aliphatic heterocycles. The van der Waals surface area contributed by atoms with Gasteiger partial charge < -0.3 is 15.6 Å². The Morgan fingerprint density at radius 3 is 2.33 bits per heavy atom. The molecular weight excluding hydrogens is 538 g/mol. The second-order valence-corrected chi connectivity index (χ2v) is 11.9. The fourth-order valence-electron chi connectivity index (χ4n) is 5.78. The maximum atomic E-state index is 14.3. The van der Waals surface area contributed by atoms with Gasteiger partial charge in [-0.15, -0.1) is 0 Å². The van der Waals surface area contributed by atoms with Crippen molar-refractivity contribution in [3.63, 3.8) is 0 Å². The van der Waals surface area contributed by atoms with E-state index in [2.05, 4.69) is 39.6 Å². The second-order valence-electron chi connectivity index (χ2n) is 11.9. The van der Waals surface area contributed by atoms with Gasteiger partial charge in [-0.3, -0.25) is 14.2 Å². The summed E-state index contributed by atoms with van der Waals surface area (Å²) in [5, 5.41) is 10.0. The molecule has 7 heteroatoms. The van der Waals surface area contributed by atoms with Crippen molar-refractivity contribution in [3.05, 3.63) is 87.3 Å². The number of rotatable bonds is 14.